The Morgan fingerprint density at radius 2 is 1.73 bits per heavy atom. The Hall–Kier alpha value is -3.31. The van der Waals surface area contributed by atoms with Gasteiger partial charge in [0.2, 0.25) is 0 Å². The summed E-state index contributed by atoms with van der Waals surface area (Å²) in [6.45, 7) is 0.397. The van der Waals surface area contributed by atoms with Crippen LogP contribution >= 0.6 is 11.8 Å². The second-order valence-corrected chi connectivity index (χ2v) is 7.85. The predicted molar refractivity (Wildman–Crippen MR) is 118 cm³/mol. The SMILES string of the molecule is COC(=O)c1ccc(COc2ccc(/C=C3/CSc4ccccc4C3=O)cc2)cc1. The Bertz CT molecular complexity index is 1100. The molecule has 1 aliphatic rings. The van der Waals surface area contributed by atoms with E-state index in [-0.39, 0.29) is 11.8 Å². The molecular weight excluding hydrogens is 396 g/mol. The zero-order valence-corrected chi connectivity index (χ0v) is 17.3. The number of methoxy groups -OCH3 is 1. The molecule has 0 aliphatic carbocycles. The molecule has 1 aliphatic heterocycles. The van der Waals surface area contributed by atoms with Crippen LogP contribution in [0.25, 0.3) is 6.08 Å². The molecule has 30 heavy (non-hydrogen) atoms. The molecule has 0 unspecified atom stereocenters. The number of carbonyl (C=O) groups is 2. The fourth-order valence-corrected chi connectivity index (χ4v) is 4.18. The molecule has 0 aromatic heterocycles. The average Bonchev–Trinajstić information content (AvgIpc) is 2.80. The van der Waals surface area contributed by atoms with E-state index in [2.05, 4.69) is 0 Å². The first-order valence-electron chi connectivity index (χ1n) is 9.51. The smallest absolute Gasteiger partial charge is 0.337 e. The monoisotopic (exact) mass is 416 g/mol. The number of thioether (sulfide) groups is 1. The molecule has 0 saturated heterocycles. The topological polar surface area (TPSA) is 52.6 Å². The van der Waals surface area contributed by atoms with Gasteiger partial charge in [0, 0.05) is 21.8 Å². The average molecular weight is 416 g/mol. The van der Waals surface area contributed by atoms with Crippen LogP contribution in [0.4, 0.5) is 0 Å². The van der Waals surface area contributed by atoms with Crippen molar-refractivity contribution >= 4 is 29.6 Å². The van der Waals surface area contributed by atoms with Gasteiger partial charge in [-0.15, -0.1) is 11.8 Å². The van der Waals surface area contributed by atoms with Crippen LogP contribution in [0, 0.1) is 0 Å². The first kappa shape index (κ1) is 20.0. The summed E-state index contributed by atoms with van der Waals surface area (Å²) in [7, 11) is 1.36. The maximum absolute atomic E-state index is 12.7. The summed E-state index contributed by atoms with van der Waals surface area (Å²) in [4.78, 5) is 25.2. The van der Waals surface area contributed by atoms with Crippen molar-refractivity contribution in [2.24, 2.45) is 0 Å². The summed E-state index contributed by atoms with van der Waals surface area (Å²) in [6.07, 6.45) is 1.95. The molecule has 0 atom stereocenters. The standard InChI is InChI=1S/C25H20O4S/c1-28-25(27)19-10-6-18(7-11-19)15-29-21-12-8-17(9-13-21)14-20-16-30-23-5-3-2-4-22(23)24(20)26/h2-14H,15-16H2,1H3/b20-14-. The molecule has 4 nitrogen and oxygen atoms in total. The Kier molecular flexibility index (Phi) is 6.00. The van der Waals surface area contributed by atoms with Crippen molar-refractivity contribution in [3.05, 3.63) is 101 Å². The molecule has 3 aromatic carbocycles. The zero-order chi connectivity index (χ0) is 20.9. The molecule has 0 fully saturated rings. The largest absolute Gasteiger partial charge is 0.489 e. The lowest BCUT2D eigenvalue weighted by Crippen LogP contribution is -2.11. The summed E-state index contributed by atoms with van der Waals surface area (Å²) in [5.41, 5.74) is 4.01. The lowest BCUT2D eigenvalue weighted by Gasteiger charge is -2.16. The number of fused-ring (bicyclic) bond motifs is 1. The van der Waals surface area contributed by atoms with Gasteiger partial charge < -0.3 is 9.47 Å². The number of esters is 1. The van der Waals surface area contributed by atoms with E-state index in [4.69, 9.17) is 9.47 Å². The third kappa shape index (κ3) is 4.47. The maximum atomic E-state index is 12.7. The minimum absolute atomic E-state index is 0.0973. The van der Waals surface area contributed by atoms with Gasteiger partial charge in [0.15, 0.2) is 5.78 Å². The maximum Gasteiger partial charge on any atom is 0.337 e. The molecule has 0 spiro atoms. The summed E-state index contributed by atoms with van der Waals surface area (Å²) < 4.78 is 10.5. The van der Waals surface area contributed by atoms with Crippen molar-refractivity contribution in [1.29, 1.82) is 0 Å². The number of hydrogen-bond donors (Lipinski definition) is 0. The van der Waals surface area contributed by atoms with Gasteiger partial charge in [0.1, 0.15) is 12.4 Å². The minimum atomic E-state index is -0.356. The van der Waals surface area contributed by atoms with Crippen molar-refractivity contribution in [1.82, 2.24) is 0 Å². The van der Waals surface area contributed by atoms with Gasteiger partial charge in [-0.3, -0.25) is 4.79 Å². The van der Waals surface area contributed by atoms with Crippen LogP contribution in [0.2, 0.25) is 0 Å². The van der Waals surface area contributed by atoms with Crippen molar-refractivity contribution in [2.75, 3.05) is 12.9 Å². The summed E-state index contributed by atoms with van der Waals surface area (Å²) in [5, 5.41) is 0. The molecule has 3 aromatic rings. The zero-order valence-electron chi connectivity index (χ0n) is 16.5. The number of rotatable bonds is 5. The number of carbonyl (C=O) groups excluding carboxylic acids is 2. The van der Waals surface area contributed by atoms with Crippen LogP contribution in [0.1, 0.15) is 31.8 Å². The molecule has 0 amide bonds. The van der Waals surface area contributed by atoms with E-state index in [1.807, 2.05) is 66.7 Å². The molecular formula is C25H20O4S. The van der Waals surface area contributed by atoms with E-state index in [1.165, 1.54) is 7.11 Å². The Morgan fingerprint density at radius 1 is 1.00 bits per heavy atom. The van der Waals surface area contributed by atoms with E-state index in [0.29, 0.717) is 17.9 Å². The number of ether oxygens (including phenoxy) is 2. The number of ketones is 1. The van der Waals surface area contributed by atoms with Crippen LogP contribution < -0.4 is 4.74 Å². The highest BCUT2D eigenvalue weighted by molar-refractivity contribution is 7.99. The van der Waals surface area contributed by atoms with Crippen molar-refractivity contribution in [2.45, 2.75) is 11.5 Å². The second kappa shape index (κ2) is 9.01. The third-order valence-electron chi connectivity index (χ3n) is 4.81. The van der Waals surface area contributed by atoms with Crippen LogP contribution in [0.15, 0.2) is 83.3 Å². The highest BCUT2D eigenvalue weighted by Gasteiger charge is 2.21. The molecule has 0 radical (unpaired) electrons. The van der Waals surface area contributed by atoms with Gasteiger partial charge in [0.25, 0.3) is 0 Å². The van der Waals surface area contributed by atoms with Gasteiger partial charge in [-0.1, -0.05) is 36.4 Å². The van der Waals surface area contributed by atoms with E-state index < -0.39 is 0 Å². The van der Waals surface area contributed by atoms with Crippen LogP contribution in [-0.4, -0.2) is 24.6 Å². The Labute approximate surface area is 179 Å². The molecule has 0 saturated carbocycles. The van der Waals surface area contributed by atoms with Crippen LogP contribution in [-0.2, 0) is 11.3 Å². The van der Waals surface area contributed by atoms with Crippen molar-refractivity contribution in [3.8, 4) is 5.75 Å². The summed E-state index contributed by atoms with van der Waals surface area (Å²) >= 11 is 1.69. The van der Waals surface area contributed by atoms with E-state index in [0.717, 1.165) is 32.9 Å². The highest BCUT2D eigenvalue weighted by Crippen LogP contribution is 2.33. The van der Waals surface area contributed by atoms with E-state index in [1.54, 1.807) is 23.9 Å². The first-order chi connectivity index (χ1) is 14.6. The highest BCUT2D eigenvalue weighted by atomic mass is 32.2. The normalized spacial score (nSPS) is 14.3. The first-order valence-corrected chi connectivity index (χ1v) is 10.5. The number of hydrogen-bond acceptors (Lipinski definition) is 5. The second-order valence-electron chi connectivity index (χ2n) is 6.83. The lowest BCUT2D eigenvalue weighted by molar-refractivity contribution is 0.0600. The molecule has 1 heterocycles. The Balaban J connectivity index is 1.39. The van der Waals surface area contributed by atoms with Crippen molar-refractivity contribution < 1.29 is 19.1 Å². The van der Waals surface area contributed by atoms with Crippen molar-refractivity contribution in [3.63, 3.8) is 0 Å². The van der Waals surface area contributed by atoms with E-state index >= 15 is 0 Å². The fraction of sp³-hybridized carbons (Fsp3) is 0.120. The van der Waals surface area contributed by atoms with Crippen LogP contribution in [0.5, 0.6) is 5.75 Å². The Morgan fingerprint density at radius 3 is 2.47 bits per heavy atom. The van der Waals surface area contributed by atoms with Gasteiger partial charge in [-0.25, -0.2) is 4.79 Å². The van der Waals surface area contributed by atoms with Gasteiger partial charge in [-0.2, -0.15) is 0 Å². The number of benzene rings is 3. The summed E-state index contributed by atoms with van der Waals surface area (Å²) in [6, 6.07) is 22.5. The molecule has 0 bridgehead atoms. The van der Waals surface area contributed by atoms with E-state index in [9.17, 15) is 9.59 Å². The number of Topliss-reactive ketones (excluding diaryl/α,β-unsaturated/α-hetero) is 1. The minimum Gasteiger partial charge on any atom is -0.489 e. The fourth-order valence-electron chi connectivity index (χ4n) is 3.16. The lowest BCUT2D eigenvalue weighted by atomic mass is 10.0. The van der Waals surface area contributed by atoms with Crippen LogP contribution in [0.3, 0.4) is 0 Å². The van der Waals surface area contributed by atoms with Gasteiger partial charge in [-0.05, 0) is 53.6 Å². The summed E-state index contributed by atoms with van der Waals surface area (Å²) in [5.74, 6) is 1.16. The molecule has 0 N–H and O–H groups in total. The third-order valence-corrected chi connectivity index (χ3v) is 5.93. The quantitative estimate of drug-likeness (QED) is 0.410. The molecule has 5 heteroatoms. The van der Waals surface area contributed by atoms with Gasteiger partial charge in [0.05, 0.1) is 12.7 Å². The predicted octanol–water partition coefficient (Wildman–Crippen LogP) is 5.42. The molecule has 4 rings (SSSR count). The van der Waals surface area contributed by atoms with Gasteiger partial charge >= 0.3 is 5.97 Å². The molecule has 150 valence electrons.